The monoisotopic (exact) mass is 429 g/mol. The van der Waals surface area contributed by atoms with Crippen molar-refractivity contribution in [2.75, 3.05) is 18.5 Å². The maximum atomic E-state index is 12.8. The van der Waals surface area contributed by atoms with Gasteiger partial charge in [0.05, 0.1) is 23.4 Å². The molecule has 1 amide bonds. The molecular weight excluding hydrogens is 406 g/mol. The van der Waals surface area contributed by atoms with Crippen LogP contribution in [0.3, 0.4) is 0 Å². The molecule has 2 N–H and O–H groups in total. The van der Waals surface area contributed by atoms with Crippen LogP contribution < -0.4 is 10.1 Å². The van der Waals surface area contributed by atoms with E-state index in [2.05, 4.69) is 20.2 Å². The van der Waals surface area contributed by atoms with Gasteiger partial charge in [0.2, 0.25) is 5.88 Å². The minimum Gasteiger partial charge on any atom is -0.439 e. The number of nitrogens with one attached hydrogen (secondary N) is 1. The lowest BCUT2D eigenvalue weighted by Crippen LogP contribution is -2.20. The molecule has 2 aromatic carbocycles. The van der Waals surface area contributed by atoms with Crippen LogP contribution in [0.1, 0.15) is 16.8 Å². The highest BCUT2D eigenvalue weighted by atomic mass is 16.5. The Morgan fingerprint density at radius 3 is 2.91 bits per heavy atom. The fourth-order valence-corrected chi connectivity index (χ4v) is 3.98. The van der Waals surface area contributed by atoms with Gasteiger partial charge in [-0.1, -0.05) is 12.1 Å². The molecule has 0 saturated carbocycles. The summed E-state index contributed by atoms with van der Waals surface area (Å²) in [7, 11) is 0. The van der Waals surface area contributed by atoms with Crippen molar-refractivity contribution in [1.82, 2.24) is 19.4 Å². The van der Waals surface area contributed by atoms with Crippen LogP contribution in [0, 0.1) is 6.92 Å². The van der Waals surface area contributed by atoms with E-state index >= 15 is 0 Å². The van der Waals surface area contributed by atoms with Gasteiger partial charge in [-0.05, 0) is 48.9 Å². The van der Waals surface area contributed by atoms with Crippen molar-refractivity contribution in [3.63, 3.8) is 0 Å². The molecule has 0 bridgehead atoms. The number of fused-ring (bicyclic) bond motifs is 2. The van der Waals surface area contributed by atoms with Gasteiger partial charge < -0.3 is 15.2 Å². The van der Waals surface area contributed by atoms with Gasteiger partial charge in [-0.15, -0.1) is 0 Å². The number of carbonyl (C=O) groups excluding carboxylic acids is 1. The second-order valence-corrected chi connectivity index (χ2v) is 7.85. The molecule has 0 atom stereocenters. The third kappa shape index (κ3) is 3.93. The zero-order valence-corrected chi connectivity index (χ0v) is 17.7. The Labute approximate surface area is 185 Å². The van der Waals surface area contributed by atoms with Crippen LogP contribution in [0.4, 0.5) is 10.5 Å². The Morgan fingerprint density at radius 1 is 1.16 bits per heavy atom. The van der Waals surface area contributed by atoms with E-state index < -0.39 is 0 Å². The van der Waals surface area contributed by atoms with E-state index in [1.54, 1.807) is 10.8 Å². The summed E-state index contributed by atoms with van der Waals surface area (Å²) in [5, 5.41) is 13.0. The van der Waals surface area contributed by atoms with Gasteiger partial charge in [0.1, 0.15) is 12.1 Å². The Bertz CT molecular complexity index is 1300. The standard InChI is InChI=1S/C24H23N5O3/c1-16-3-2-4-18(11-16)27-24(31)29-8-7-17-12-19(5-6-22(17)29)32-23-20-13-28(9-10-30)14-21(20)25-15-26-23/h2-8,11-12,15,30H,9-10,13-14H2,1H3,(H,27,31). The second kappa shape index (κ2) is 8.41. The molecule has 162 valence electrons. The number of hydrogen-bond donors (Lipinski definition) is 2. The van der Waals surface area contributed by atoms with Crippen LogP contribution in [-0.2, 0) is 13.1 Å². The van der Waals surface area contributed by atoms with E-state index in [-0.39, 0.29) is 12.6 Å². The molecule has 32 heavy (non-hydrogen) atoms. The lowest BCUT2D eigenvalue weighted by Gasteiger charge is -2.12. The molecular formula is C24H23N5O3. The minimum absolute atomic E-state index is 0.0999. The average molecular weight is 429 g/mol. The van der Waals surface area contributed by atoms with Crippen LogP contribution in [0.25, 0.3) is 10.9 Å². The maximum absolute atomic E-state index is 12.8. The number of carbonyl (C=O) groups is 1. The van der Waals surface area contributed by atoms with Gasteiger partial charge in [-0.3, -0.25) is 9.47 Å². The van der Waals surface area contributed by atoms with E-state index in [0.29, 0.717) is 31.3 Å². The third-order valence-electron chi connectivity index (χ3n) is 5.53. The SMILES string of the molecule is Cc1cccc(NC(=O)n2ccc3cc(Oc4ncnc5c4CN(CCO)C5)ccc32)c1. The van der Waals surface area contributed by atoms with Gasteiger partial charge >= 0.3 is 6.03 Å². The number of hydrogen-bond acceptors (Lipinski definition) is 6. The molecule has 0 radical (unpaired) electrons. The summed E-state index contributed by atoms with van der Waals surface area (Å²) in [6, 6.07) is 14.9. The van der Waals surface area contributed by atoms with Crippen molar-refractivity contribution in [2.45, 2.75) is 20.0 Å². The fraction of sp³-hybridized carbons (Fsp3) is 0.208. The second-order valence-electron chi connectivity index (χ2n) is 7.85. The molecule has 0 fully saturated rings. The summed E-state index contributed by atoms with van der Waals surface area (Å²) in [5.74, 6) is 1.15. The summed E-state index contributed by atoms with van der Waals surface area (Å²) in [4.78, 5) is 23.5. The molecule has 8 nitrogen and oxygen atoms in total. The normalized spacial score (nSPS) is 13.3. The highest BCUT2D eigenvalue weighted by molar-refractivity contribution is 5.98. The number of benzene rings is 2. The summed E-state index contributed by atoms with van der Waals surface area (Å²) in [5.41, 5.74) is 4.48. The maximum Gasteiger partial charge on any atom is 0.330 e. The third-order valence-corrected chi connectivity index (χ3v) is 5.53. The highest BCUT2D eigenvalue weighted by Crippen LogP contribution is 2.32. The van der Waals surface area contributed by atoms with Crippen LogP contribution in [0.2, 0.25) is 0 Å². The van der Waals surface area contributed by atoms with Crippen molar-refractivity contribution >= 4 is 22.6 Å². The first-order valence-corrected chi connectivity index (χ1v) is 10.4. The topological polar surface area (TPSA) is 92.5 Å². The van der Waals surface area contributed by atoms with Gasteiger partial charge in [0, 0.05) is 36.9 Å². The van der Waals surface area contributed by atoms with Crippen LogP contribution in [0.5, 0.6) is 11.6 Å². The molecule has 0 unspecified atom stereocenters. The Balaban J connectivity index is 1.36. The molecule has 1 aliphatic rings. The molecule has 3 heterocycles. The smallest absolute Gasteiger partial charge is 0.330 e. The molecule has 1 aliphatic heterocycles. The van der Waals surface area contributed by atoms with Crippen molar-refractivity contribution < 1.29 is 14.6 Å². The number of aromatic nitrogens is 3. The zero-order chi connectivity index (χ0) is 22.1. The Morgan fingerprint density at radius 2 is 2.06 bits per heavy atom. The number of aryl methyl sites for hydroxylation is 1. The average Bonchev–Trinajstić information content (AvgIpc) is 3.38. The fourth-order valence-electron chi connectivity index (χ4n) is 3.98. The largest absolute Gasteiger partial charge is 0.439 e. The number of anilines is 1. The van der Waals surface area contributed by atoms with Crippen LogP contribution in [-0.4, -0.2) is 43.7 Å². The Hall–Kier alpha value is -3.75. The lowest BCUT2D eigenvalue weighted by molar-refractivity contribution is 0.196. The summed E-state index contributed by atoms with van der Waals surface area (Å²) >= 11 is 0. The van der Waals surface area contributed by atoms with Gasteiger partial charge in [0.15, 0.2) is 0 Å². The highest BCUT2D eigenvalue weighted by Gasteiger charge is 2.24. The van der Waals surface area contributed by atoms with Gasteiger partial charge in [-0.25, -0.2) is 14.8 Å². The van der Waals surface area contributed by atoms with E-state index in [1.165, 1.54) is 6.33 Å². The first-order valence-electron chi connectivity index (χ1n) is 10.4. The van der Waals surface area contributed by atoms with E-state index in [0.717, 1.165) is 33.4 Å². The van der Waals surface area contributed by atoms with Gasteiger partial charge in [0.25, 0.3) is 0 Å². The molecule has 0 spiro atoms. The summed E-state index contributed by atoms with van der Waals surface area (Å²) in [6.07, 6.45) is 3.25. The zero-order valence-electron chi connectivity index (χ0n) is 17.7. The number of nitrogens with zero attached hydrogens (tertiary/aromatic N) is 4. The molecule has 4 aromatic rings. The molecule has 0 saturated heterocycles. The number of aliphatic hydroxyl groups excluding tert-OH is 1. The van der Waals surface area contributed by atoms with Crippen molar-refractivity contribution in [2.24, 2.45) is 0 Å². The number of ether oxygens (including phenoxy) is 1. The molecule has 5 rings (SSSR count). The molecule has 8 heteroatoms. The lowest BCUT2D eigenvalue weighted by atomic mass is 10.2. The predicted octanol–water partition coefficient (Wildman–Crippen LogP) is 3.92. The number of β-amino-alcohol motifs (C(OH)–C–C–N with tert-alkyl or cyclic N) is 1. The summed E-state index contributed by atoms with van der Waals surface area (Å²) < 4.78 is 7.66. The number of aliphatic hydroxyl groups is 1. The molecule has 0 aliphatic carbocycles. The van der Waals surface area contributed by atoms with E-state index in [1.807, 2.05) is 55.5 Å². The number of rotatable bonds is 5. The van der Waals surface area contributed by atoms with Crippen LogP contribution in [0.15, 0.2) is 61.1 Å². The van der Waals surface area contributed by atoms with Gasteiger partial charge in [-0.2, -0.15) is 0 Å². The first kappa shape index (κ1) is 20.2. The van der Waals surface area contributed by atoms with E-state index in [9.17, 15) is 9.90 Å². The van der Waals surface area contributed by atoms with Crippen molar-refractivity contribution in [3.05, 3.63) is 77.9 Å². The van der Waals surface area contributed by atoms with Crippen molar-refractivity contribution in [3.8, 4) is 11.6 Å². The van der Waals surface area contributed by atoms with Crippen molar-refractivity contribution in [1.29, 1.82) is 0 Å². The minimum atomic E-state index is -0.225. The summed E-state index contributed by atoms with van der Waals surface area (Å²) in [6.45, 7) is 3.98. The molecule has 2 aromatic heterocycles. The Kier molecular flexibility index (Phi) is 5.30. The first-order chi connectivity index (χ1) is 15.6. The van der Waals surface area contributed by atoms with Crippen LogP contribution >= 0.6 is 0 Å². The number of amides is 1. The quantitative estimate of drug-likeness (QED) is 0.500. The van der Waals surface area contributed by atoms with E-state index in [4.69, 9.17) is 4.74 Å². The predicted molar refractivity (Wildman–Crippen MR) is 121 cm³/mol.